The number of Topliss-reactive ketones (excluding diaryl/α,β-unsaturated/α-hetero) is 1. The molecule has 0 saturated carbocycles. The molecule has 1 aliphatic rings. The van der Waals surface area contributed by atoms with Crippen molar-refractivity contribution in [1.29, 1.82) is 0 Å². The number of hydrogen-bond acceptors (Lipinski definition) is 2. The highest BCUT2D eigenvalue weighted by atomic mass is 16.5. The Kier molecular flexibility index (Phi) is 4.65. The molecule has 26 heavy (non-hydrogen) atoms. The second-order valence-electron chi connectivity index (χ2n) is 6.40. The van der Waals surface area contributed by atoms with Crippen LogP contribution in [-0.2, 0) is 4.74 Å². The largest absolute Gasteiger partial charge is 0.496 e. The third-order valence-corrected chi connectivity index (χ3v) is 4.75. The van der Waals surface area contributed by atoms with Gasteiger partial charge in [-0.1, -0.05) is 91.0 Å². The molecule has 0 spiro atoms. The summed E-state index contributed by atoms with van der Waals surface area (Å²) in [5.74, 6) is 0.907. The van der Waals surface area contributed by atoms with Crippen molar-refractivity contribution < 1.29 is 9.53 Å². The average Bonchev–Trinajstić information content (AvgIpc) is 3.19. The minimum absolute atomic E-state index is 0.00892. The van der Waals surface area contributed by atoms with Gasteiger partial charge in [-0.2, -0.15) is 0 Å². The lowest BCUT2D eigenvalue weighted by Crippen LogP contribution is -2.09. The molecule has 4 rings (SSSR count). The lowest BCUT2D eigenvalue weighted by atomic mass is 9.88. The molecule has 1 aliphatic heterocycles. The first-order chi connectivity index (χ1) is 12.8. The topological polar surface area (TPSA) is 26.3 Å². The molecule has 0 amide bonds. The molecule has 1 heterocycles. The SMILES string of the molecule is O=C(/C(=C1/OCCC1c1ccccc1)c1ccccc1)c1ccccc1. The maximum Gasteiger partial charge on any atom is 0.197 e. The Balaban J connectivity index is 1.87. The van der Waals surface area contributed by atoms with E-state index in [1.54, 1.807) is 0 Å². The van der Waals surface area contributed by atoms with E-state index >= 15 is 0 Å². The summed E-state index contributed by atoms with van der Waals surface area (Å²) in [6.45, 7) is 0.632. The van der Waals surface area contributed by atoms with Crippen molar-refractivity contribution in [3.8, 4) is 0 Å². The molecule has 1 fully saturated rings. The number of carbonyl (C=O) groups is 1. The van der Waals surface area contributed by atoms with Gasteiger partial charge in [0, 0.05) is 11.5 Å². The van der Waals surface area contributed by atoms with Crippen LogP contribution in [0.2, 0.25) is 0 Å². The van der Waals surface area contributed by atoms with Crippen LogP contribution in [0.5, 0.6) is 0 Å². The van der Waals surface area contributed by atoms with Crippen molar-refractivity contribution in [1.82, 2.24) is 0 Å². The van der Waals surface area contributed by atoms with E-state index in [0.717, 1.165) is 17.7 Å². The number of ketones is 1. The van der Waals surface area contributed by atoms with Gasteiger partial charge < -0.3 is 4.74 Å². The molecule has 128 valence electrons. The first-order valence-corrected chi connectivity index (χ1v) is 8.91. The number of hydrogen-bond donors (Lipinski definition) is 0. The number of benzene rings is 3. The Bertz CT molecular complexity index is 912. The van der Waals surface area contributed by atoms with Crippen LogP contribution in [-0.4, -0.2) is 12.4 Å². The third kappa shape index (κ3) is 3.18. The fourth-order valence-electron chi connectivity index (χ4n) is 3.49. The molecule has 0 radical (unpaired) electrons. The highest BCUT2D eigenvalue weighted by Gasteiger charge is 2.31. The van der Waals surface area contributed by atoms with Crippen molar-refractivity contribution in [3.63, 3.8) is 0 Å². The van der Waals surface area contributed by atoms with Crippen LogP contribution in [0.4, 0.5) is 0 Å². The van der Waals surface area contributed by atoms with E-state index in [1.165, 1.54) is 5.56 Å². The molecule has 1 saturated heterocycles. The molecular formula is C24H20O2. The van der Waals surface area contributed by atoms with Crippen LogP contribution in [0.1, 0.15) is 33.8 Å². The van der Waals surface area contributed by atoms with Gasteiger partial charge in [0.05, 0.1) is 12.2 Å². The summed E-state index contributed by atoms with van der Waals surface area (Å²) >= 11 is 0. The Morgan fingerprint density at radius 1 is 0.731 bits per heavy atom. The van der Waals surface area contributed by atoms with Crippen LogP contribution >= 0.6 is 0 Å². The van der Waals surface area contributed by atoms with Gasteiger partial charge in [-0.25, -0.2) is 0 Å². The normalized spacial score (nSPS) is 18.2. The Morgan fingerprint density at radius 3 is 1.88 bits per heavy atom. The summed E-state index contributed by atoms with van der Waals surface area (Å²) in [5.41, 5.74) is 3.44. The van der Waals surface area contributed by atoms with Crippen molar-refractivity contribution in [2.45, 2.75) is 12.3 Å². The molecule has 1 atom stereocenters. The van der Waals surface area contributed by atoms with E-state index in [1.807, 2.05) is 78.9 Å². The van der Waals surface area contributed by atoms with Gasteiger partial charge >= 0.3 is 0 Å². The Hall–Kier alpha value is -3.13. The Morgan fingerprint density at radius 2 is 1.27 bits per heavy atom. The number of ether oxygens (including phenoxy) is 1. The molecule has 3 aromatic carbocycles. The summed E-state index contributed by atoms with van der Waals surface area (Å²) in [6, 6.07) is 29.6. The van der Waals surface area contributed by atoms with Gasteiger partial charge in [0.1, 0.15) is 5.76 Å². The van der Waals surface area contributed by atoms with E-state index in [-0.39, 0.29) is 11.7 Å². The fraction of sp³-hybridized carbons (Fsp3) is 0.125. The monoisotopic (exact) mass is 340 g/mol. The average molecular weight is 340 g/mol. The summed E-state index contributed by atoms with van der Waals surface area (Å²) in [4.78, 5) is 13.4. The van der Waals surface area contributed by atoms with Gasteiger partial charge in [0.25, 0.3) is 0 Å². The van der Waals surface area contributed by atoms with Gasteiger partial charge in [-0.3, -0.25) is 4.79 Å². The van der Waals surface area contributed by atoms with Crippen molar-refractivity contribution in [2.75, 3.05) is 6.61 Å². The lowest BCUT2D eigenvalue weighted by Gasteiger charge is -2.16. The first-order valence-electron chi connectivity index (χ1n) is 8.91. The smallest absolute Gasteiger partial charge is 0.197 e. The van der Waals surface area contributed by atoms with E-state index in [2.05, 4.69) is 12.1 Å². The van der Waals surface area contributed by atoms with Gasteiger partial charge in [-0.15, -0.1) is 0 Å². The molecule has 0 bridgehead atoms. The van der Waals surface area contributed by atoms with Crippen LogP contribution in [0.25, 0.3) is 5.57 Å². The third-order valence-electron chi connectivity index (χ3n) is 4.75. The van der Waals surface area contributed by atoms with Crippen LogP contribution in [0, 0.1) is 0 Å². The Labute approximate surface area is 153 Å². The maximum absolute atomic E-state index is 13.4. The van der Waals surface area contributed by atoms with Crippen molar-refractivity contribution >= 4 is 11.4 Å². The van der Waals surface area contributed by atoms with Gasteiger partial charge in [0.15, 0.2) is 5.78 Å². The lowest BCUT2D eigenvalue weighted by molar-refractivity contribution is 0.105. The molecule has 2 nitrogen and oxygen atoms in total. The van der Waals surface area contributed by atoms with Gasteiger partial charge in [-0.05, 0) is 17.5 Å². The highest BCUT2D eigenvalue weighted by Crippen LogP contribution is 2.40. The zero-order valence-corrected chi connectivity index (χ0v) is 14.5. The molecular weight excluding hydrogens is 320 g/mol. The fourth-order valence-corrected chi connectivity index (χ4v) is 3.49. The highest BCUT2D eigenvalue weighted by molar-refractivity contribution is 6.29. The van der Waals surface area contributed by atoms with Gasteiger partial charge in [0.2, 0.25) is 0 Å². The minimum Gasteiger partial charge on any atom is -0.496 e. The second-order valence-corrected chi connectivity index (χ2v) is 6.40. The standard InChI is InChI=1S/C24H20O2/c25-23(20-14-8-3-9-15-20)22(19-12-6-2-7-13-19)24-21(16-17-26-24)18-10-4-1-5-11-18/h1-15,21H,16-17H2/b24-22+. The van der Waals surface area contributed by atoms with Crippen LogP contribution < -0.4 is 0 Å². The predicted octanol–water partition coefficient (Wildman–Crippen LogP) is 5.48. The van der Waals surface area contributed by atoms with E-state index in [9.17, 15) is 4.79 Å². The maximum atomic E-state index is 13.4. The second kappa shape index (κ2) is 7.40. The quantitative estimate of drug-likeness (QED) is 0.464. The number of allylic oxidation sites excluding steroid dienone is 2. The molecule has 3 aromatic rings. The number of rotatable bonds is 4. The number of carbonyl (C=O) groups excluding carboxylic acids is 1. The van der Waals surface area contributed by atoms with Crippen LogP contribution in [0.3, 0.4) is 0 Å². The van der Waals surface area contributed by atoms with Crippen LogP contribution in [0.15, 0.2) is 96.8 Å². The molecule has 2 heteroatoms. The zero-order chi connectivity index (χ0) is 17.8. The summed E-state index contributed by atoms with van der Waals surface area (Å²) in [6.07, 6.45) is 0.887. The summed E-state index contributed by atoms with van der Waals surface area (Å²) in [7, 11) is 0. The van der Waals surface area contributed by atoms with E-state index in [4.69, 9.17) is 4.74 Å². The summed E-state index contributed by atoms with van der Waals surface area (Å²) in [5, 5.41) is 0. The molecule has 0 aromatic heterocycles. The van der Waals surface area contributed by atoms with Crippen molar-refractivity contribution in [3.05, 3.63) is 113 Å². The molecule has 0 aliphatic carbocycles. The molecule has 1 unspecified atom stereocenters. The molecule has 0 N–H and O–H groups in total. The van der Waals surface area contributed by atoms with Crippen molar-refractivity contribution in [2.24, 2.45) is 0 Å². The summed E-state index contributed by atoms with van der Waals surface area (Å²) < 4.78 is 6.04. The zero-order valence-electron chi connectivity index (χ0n) is 14.5. The first kappa shape index (κ1) is 16.3. The van der Waals surface area contributed by atoms with E-state index in [0.29, 0.717) is 17.7 Å². The minimum atomic E-state index is 0.00892. The van der Waals surface area contributed by atoms with E-state index < -0.39 is 0 Å². The predicted molar refractivity (Wildman–Crippen MR) is 104 cm³/mol.